The van der Waals surface area contributed by atoms with Gasteiger partial charge in [-0.25, -0.2) is 4.79 Å². The number of hydrogen-bond donors (Lipinski definition) is 2. The van der Waals surface area contributed by atoms with E-state index in [-0.39, 0.29) is 12.8 Å². The highest BCUT2D eigenvalue weighted by Crippen LogP contribution is 2.41. The van der Waals surface area contributed by atoms with Gasteiger partial charge in [-0.1, -0.05) is 13.8 Å². The number of alkyl halides is 3. The van der Waals surface area contributed by atoms with E-state index in [1.807, 2.05) is 0 Å². The van der Waals surface area contributed by atoms with Gasteiger partial charge >= 0.3 is 18.1 Å². The Morgan fingerprint density at radius 2 is 1.78 bits per heavy atom. The van der Waals surface area contributed by atoms with Crippen LogP contribution in [0.25, 0.3) is 0 Å². The highest BCUT2D eigenvalue weighted by Gasteiger charge is 2.51. The van der Waals surface area contributed by atoms with Gasteiger partial charge in [-0.2, -0.15) is 13.2 Å². The van der Waals surface area contributed by atoms with E-state index in [1.54, 1.807) is 19.2 Å². The number of carbonyl (C=O) groups is 2. The van der Waals surface area contributed by atoms with E-state index in [4.69, 9.17) is 5.11 Å². The number of carboxylic acids is 1. The molecular formula is C11H16F3NO3. The molecule has 0 spiro atoms. The maximum atomic E-state index is 12.2. The SMILES string of the molecule is CC1(C)CCCC(NC(=O)C(F)(F)F)(C(=O)O)C1. The lowest BCUT2D eigenvalue weighted by molar-refractivity contribution is -0.179. The molecule has 0 saturated heterocycles. The van der Waals surface area contributed by atoms with Gasteiger partial charge in [0.2, 0.25) is 0 Å². The van der Waals surface area contributed by atoms with Crippen LogP contribution >= 0.6 is 0 Å². The van der Waals surface area contributed by atoms with Gasteiger partial charge in [0.15, 0.2) is 0 Å². The summed E-state index contributed by atoms with van der Waals surface area (Å²) in [6, 6.07) is 0. The van der Waals surface area contributed by atoms with Crippen molar-refractivity contribution in [3.05, 3.63) is 0 Å². The predicted molar refractivity (Wildman–Crippen MR) is 56.8 cm³/mol. The van der Waals surface area contributed by atoms with Crippen LogP contribution in [0.5, 0.6) is 0 Å². The van der Waals surface area contributed by atoms with Crippen LogP contribution in [0.2, 0.25) is 0 Å². The standard InChI is InChI=1S/C11H16F3NO3/c1-9(2)4-3-5-10(6-9,8(17)18)15-7(16)11(12,13)14/h3-6H2,1-2H3,(H,15,16)(H,17,18). The summed E-state index contributed by atoms with van der Waals surface area (Å²) >= 11 is 0. The smallest absolute Gasteiger partial charge is 0.471 e. The van der Waals surface area contributed by atoms with Crippen molar-refractivity contribution in [3.8, 4) is 0 Å². The van der Waals surface area contributed by atoms with Crippen molar-refractivity contribution < 1.29 is 27.9 Å². The molecule has 0 aliphatic heterocycles. The molecule has 0 radical (unpaired) electrons. The Balaban J connectivity index is 2.96. The number of nitrogens with one attached hydrogen (secondary N) is 1. The first kappa shape index (κ1) is 14.8. The van der Waals surface area contributed by atoms with Crippen molar-refractivity contribution in [2.75, 3.05) is 0 Å². The maximum Gasteiger partial charge on any atom is 0.471 e. The van der Waals surface area contributed by atoms with Gasteiger partial charge in [-0.3, -0.25) is 4.79 Å². The third-order valence-electron chi connectivity index (χ3n) is 3.26. The molecule has 18 heavy (non-hydrogen) atoms. The van der Waals surface area contributed by atoms with Crippen molar-refractivity contribution >= 4 is 11.9 Å². The number of halogens is 3. The van der Waals surface area contributed by atoms with E-state index in [9.17, 15) is 22.8 Å². The molecule has 0 heterocycles. The molecule has 1 aliphatic rings. The highest BCUT2D eigenvalue weighted by molar-refractivity contribution is 5.89. The van der Waals surface area contributed by atoms with Gasteiger partial charge in [0.05, 0.1) is 0 Å². The third kappa shape index (κ3) is 3.14. The molecule has 0 aromatic carbocycles. The number of aliphatic carboxylic acids is 1. The average Bonchev–Trinajstić information content (AvgIpc) is 2.13. The summed E-state index contributed by atoms with van der Waals surface area (Å²) in [6.45, 7) is 3.56. The summed E-state index contributed by atoms with van der Waals surface area (Å²) in [5.41, 5.74) is -2.22. The van der Waals surface area contributed by atoms with Crippen molar-refractivity contribution in [2.45, 2.75) is 51.2 Å². The Morgan fingerprint density at radius 3 is 2.17 bits per heavy atom. The van der Waals surface area contributed by atoms with Gasteiger partial charge in [0, 0.05) is 0 Å². The van der Waals surface area contributed by atoms with Crippen molar-refractivity contribution in [2.24, 2.45) is 5.41 Å². The van der Waals surface area contributed by atoms with Gasteiger partial charge in [0.1, 0.15) is 5.54 Å². The normalized spacial score (nSPS) is 27.6. The second kappa shape index (κ2) is 4.44. The first-order valence-corrected chi connectivity index (χ1v) is 5.61. The lowest BCUT2D eigenvalue weighted by Crippen LogP contribution is -2.60. The quantitative estimate of drug-likeness (QED) is 0.805. The van der Waals surface area contributed by atoms with E-state index in [2.05, 4.69) is 0 Å². The van der Waals surface area contributed by atoms with Crippen LogP contribution in [0.15, 0.2) is 0 Å². The van der Waals surface area contributed by atoms with Crippen molar-refractivity contribution in [3.63, 3.8) is 0 Å². The minimum absolute atomic E-state index is 0.00282. The summed E-state index contributed by atoms with van der Waals surface area (Å²) in [4.78, 5) is 22.2. The second-order valence-electron chi connectivity index (χ2n) is 5.53. The van der Waals surface area contributed by atoms with Crippen LogP contribution in [-0.4, -0.2) is 28.7 Å². The summed E-state index contributed by atoms with van der Waals surface area (Å²) < 4.78 is 36.7. The molecule has 7 heteroatoms. The maximum absolute atomic E-state index is 12.2. The molecule has 2 N–H and O–H groups in total. The summed E-state index contributed by atoms with van der Waals surface area (Å²) in [5, 5.41) is 10.8. The molecule has 1 saturated carbocycles. The Hall–Kier alpha value is -1.27. The van der Waals surface area contributed by atoms with Crippen LogP contribution in [0.1, 0.15) is 39.5 Å². The molecule has 4 nitrogen and oxygen atoms in total. The zero-order chi connectivity index (χ0) is 14.2. The average molecular weight is 267 g/mol. The lowest BCUT2D eigenvalue weighted by Gasteiger charge is -2.42. The first-order valence-electron chi connectivity index (χ1n) is 5.61. The van der Waals surface area contributed by atoms with Crippen molar-refractivity contribution in [1.29, 1.82) is 0 Å². The number of amides is 1. The molecule has 1 amide bonds. The lowest BCUT2D eigenvalue weighted by atomic mass is 9.68. The van der Waals surface area contributed by atoms with Gasteiger partial charge in [-0.15, -0.1) is 0 Å². The first-order chi connectivity index (χ1) is 7.99. The fourth-order valence-corrected chi connectivity index (χ4v) is 2.49. The summed E-state index contributed by atoms with van der Waals surface area (Å²) in [6.07, 6.45) is -3.85. The summed E-state index contributed by atoms with van der Waals surface area (Å²) in [5.74, 6) is -3.60. The zero-order valence-electron chi connectivity index (χ0n) is 10.2. The van der Waals surface area contributed by atoms with Crippen LogP contribution in [0.4, 0.5) is 13.2 Å². The van der Waals surface area contributed by atoms with E-state index >= 15 is 0 Å². The molecule has 1 fully saturated rings. The third-order valence-corrected chi connectivity index (χ3v) is 3.26. The molecule has 1 atom stereocenters. The number of rotatable bonds is 2. The Bertz CT molecular complexity index is 365. The molecule has 1 rings (SSSR count). The Labute approximate surface area is 103 Å². The van der Waals surface area contributed by atoms with Gasteiger partial charge in [0.25, 0.3) is 0 Å². The van der Waals surface area contributed by atoms with Crippen LogP contribution in [-0.2, 0) is 9.59 Å². The van der Waals surface area contributed by atoms with E-state index in [1.165, 1.54) is 0 Å². The number of carboxylic acid groups (broad SMARTS) is 1. The van der Waals surface area contributed by atoms with E-state index in [0.29, 0.717) is 6.42 Å². The minimum Gasteiger partial charge on any atom is -0.480 e. The fourth-order valence-electron chi connectivity index (χ4n) is 2.49. The number of carbonyl (C=O) groups excluding carboxylic acids is 1. The monoisotopic (exact) mass is 267 g/mol. The molecule has 0 aromatic heterocycles. The molecule has 1 unspecified atom stereocenters. The topological polar surface area (TPSA) is 66.4 Å². The number of hydrogen-bond acceptors (Lipinski definition) is 2. The highest BCUT2D eigenvalue weighted by atomic mass is 19.4. The van der Waals surface area contributed by atoms with Crippen LogP contribution in [0.3, 0.4) is 0 Å². The summed E-state index contributed by atoms with van der Waals surface area (Å²) in [7, 11) is 0. The second-order valence-corrected chi connectivity index (χ2v) is 5.53. The molecular weight excluding hydrogens is 251 g/mol. The predicted octanol–water partition coefficient (Wildman–Crippen LogP) is 2.09. The zero-order valence-corrected chi connectivity index (χ0v) is 10.2. The molecule has 104 valence electrons. The Morgan fingerprint density at radius 1 is 1.22 bits per heavy atom. The van der Waals surface area contributed by atoms with Crippen molar-refractivity contribution in [1.82, 2.24) is 5.32 Å². The Kier molecular flexibility index (Phi) is 3.65. The largest absolute Gasteiger partial charge is 0.480 e. The van der Waals surface area contributed by atoms with Gasteiger partial charge < -0.3 is 10.4 Å². The van der Waals surface area contributed by atoms with Crippen LogP contribution in [0, 0.1) is 5.41 Å². The van der Waals surface area contributed by atoms with E-state index < -0.39 is 29.0 Å². The van der Waals surface area contributed by atoms with Crippen LogP contribution < -0.4 is 5.32 Å². The van der Waals surface area contributed by atoms with Gasteiger partial charge in [-0.05, 0) is 31.1 Å². The minimum atomic E-state index is -5.07. The molecule has 0 bridgehead atoms. The molecule has 1 aliphatic carbocycles. The fraction of sp³-hybridized carbons (Fsp3) is 0.818. The molecule has 0 aromatic rings. The van der Waals surface area contributed by atoms with E-state index in [0.717, 1.165) is 6.42 Å².